The normalized spacial score (nSPS) is 29.5. The summed E-state index contributed by atoms with van der Waals surface area (Å²) in [5.74, 6) is -1.41. The molecule has 0 aromatic heterocycles. The Balaban J connectivity index is 1.78. The van der Waals surface area contributed by atoms with E-state index in [0.717, 1.165) is 24.8 Å². The molecular formula is C20H25F2N. The second-order valence-corrected chi connectivity index (χ2v) is 7.66. The number of fused-ring (bicyclic) bond motifs is 3. The molecule has 0 saturated heterocycles. The predicted octanol–water partition coefficient (Wildman–Crippen LogP) is 6.01. The van der Waals surface area contributed by atoms with Gasteiger partial charge in [-0.2, -0.15) is 5.26 Å². The Morgan fingerprint density at radius 1 is 1.00 bits per heavy atom. The van der Waals surface area contributed by atoms with Gasteiger partial charge in [-0.1, -0.05) is 26.2 Å². The molecule has 124 valence electrons. The van der Waals surface area contributed by atoms with Crippen molar-refractivity contribution >= 4 is 0 Å². The quantitative estimate of drug-likeness (QED) is 0.610. The second kappa shape index (κ2) is 6.23. The SMILES string of the molecule is CCCCCC12CCC(c3cc(F)c(C#N)c(F)c3)(CC1)CC2. The van der Waals surface area contributed by atoms with Crippen LogP contribution in [0.5, 0.6) is 0 Å². The van der Waals surface area contributed by atoms with Gasteiger partial charge in [0, 0.05) is 0 Å². The zero-order chi connectivity index (χ0) is 16.5. The van der Waals surface area contributed by atoms with E-state index in [9.17, 15) is 8.78 Å². The van der Waals surface area contributed by atoms with E-state index in [-0.39, 0.29) is 5.41 Å². The number of halogens is 2. The Morgan fingerprint density at radius 2 is 1.57 bits per heavy atom. The van der Waals surface area contributed by atoms with Crippen LogP contribution in [0.2, 0.25) is 0 Å². The summed E-state index contributed by atoms with van der Waals surface area (Å²) in [6.07, 6.45) is 11.8. The second-order valence-electron chi connectivity index (χ2n) is 7.66. The number of nitriles is 1. The Hall–Kier alpha value is -1.43. The first kappa shape index (κ1) is 16.4. The van der Waals surface area contributed by atoms with Crippen LogP contribution < -0.4 is 0 Å². The maximum Gasteiger partial charge on any atom is 0.144 e. The average molecular weight is 317 g/mol. The number of nitrogens with zero attached hydrogens (tertiary/aromatic N) is 1. The summed E-state index contributed by atoms with van der Waals surface area (Å²) >= 11 is 0. The molecule has 3 saturated carbocycles. The van der Waals surface area contributed by atoms with Crippen molar-refractivity contribution in [3.8, 4) is 6.07 Å². The number of rotatable bonds is 5. The highest BCUT2D eigenvalue weighted by Gasteiger charge is 2.49. The molecule has 4 rings (SSSR count). The van der Waals surface area contributed by atoms with E-state index in [2.05, 4.69) is 6.92 Å². The molecule has 3 aliphatic carbocycles. The highest BCUT2D eigenvalue weighted by atomic mass is 19.1. The highest BCUT2D eigenvalue weighted by molar-refractivity contribution is 5.39. The Kier molecular flexibility index (Phi) is 4.45. The first-order chi connectivity index (χ1) is 11.0. The van der Waals surface area contributed by atoms with Crippen molar-refractivity contribution in [1.29, 1.82) is 5.26 Å². The number of benzene rings is 1. The summed E-state index contributed by atoms with van der Waals surface area (Å²) in [6, 6.07) is 4.45. The zero-order valence-corrected chi connectivity index (χ0v) is 13.9. The fourth-order valence-electron chi connectivity index (χ4n) is 4.81. The van der Waals surface area contributed by atoms with Crippen LogP contribution in [0.4, 0.5) is 8.78 Å². The minimum absolute atomic E-state index is 0.0673. The maximum absolute atomic E-state index is 14.0. The van der Waals surface area contributed by atoms with Crippen LogP contribution in [0.3, 0.4) is 0 Å². The summed E-state index contributed by atoms with van der Waals surface area (Å²) in [7, 11) is 0. The van der Waals surface area contributed by atoms with Crippen LogP contribution in [0, 0.1) is 28.4 Å². The molecular weight excluding hydrogens is 292 g/mol. The Bertz CT molecular complexity index is 581. The molecule has 2 bridgehead atoms. The van der Waals surface area contributed by atoms with Crippen molar-refractivity contribution in [3.63, 3.8) is 0 Å². The third kappa shape index (κ3) is 2.89. The van der Waals surface area contributed by atoms with Gasteiger partial charge in [0.1, 0.15) is 23.3 Å². The molecule has 1 aromatic carbocycles. The van der Waals surface area contributed by atoms with Gasteiger partial charge in [-0.25, -0.2) is 8.78 Å². The lowest BCUT2D eigenvalue weighted by atomic mass is 9.51. The molecule has 0 amide bonds. The lowest BCUT2D eigenvalue weighted by Crippen LogP contribution is -2.44. The third-order valence-corrected chi connectivity index (χ3v) is 6.48. The monoisotopic (exact) mass is 317 g/mol. The highest BCUT2D eigenvalue weighted by Crippen LogP contribution is 2.59. The molecule has 1 nitrogen and oxygen atoms in total. The maximum atomic E-state index is 14.0. The van der Waals surface area contributed by atoms with Crippen LogP contribution in [-0.2, 0) is 5.41 Å². The van der Waals surface area contributed by atoms with Crippen molar-refractivity contribution in [2.75, 3.05) is 0 Å². The van der Waals surface area contributed by atoms with Gasteiger partial charge in [0.25, 0.3) is 0 Å². The molecule has 0 unspecified atom stereocenters. The minimum atomic E-state index is -0.706. The molecule has 1 aromatic rings. The summed E-state index contributed by atoms with van der Waals surface area (Å²) in [5.41, 5.74) is 0.738. The van der Waals surface area contributed by atoms with Gasteiger partial charge in [-0.3, -0.25) is 0 Å². The number of unbranched alkanes of at least 4 members (excludes halogenated alkanes) is 2. The summed E-state index contributed by atoms with van der Waals surface area (Å²) in [6.45, 7) is 2.23. The van der Waals surface area contributed by atoms with Crippen LogP contribution in [-0.4, -0.2) is 0 Å². The van der Waals surface area contributed by atoms with E-state index in [1.165, 1.54) is 57.1 Å². The van der Waals surface area contributed by atoms with Gasteiger partial charge in [0.2, 0.25) is 0 Å². The molecule has 0 N–H and O–H groups in total. The first-order valence-corrected chi connectivity index (χ1v) is 8.94. The van der Waals surface area contributed by atoms with Gasteiger partial charge in [-0.05, 0) is 73.5 Å². The topological polar surface area (TPSA) is 23.8 Å². The van der Waals surface area contributed by atoms with Gasteiger partial charge >= 0.3 is 0 Å². The zero-order valence-electron chi connectivity index (χ0n) is 13.9. The van der Waals surface area contributed by atoms with E-state index in [1.54, 1.807) is 6.07 Å². The van der Waals surface area contributed by atoms with E-state index >= 15 is 0 Å². The van der Waals surface area contributed by atoms with Gasteiger partial charge in [-0.15, -0.1) is 0 Å². The van der Waals surface area contributed by atoms with Crippen molar-refractivity contribution in [1.82, 2.24) is 0 Å². The smallest absolute Gasteiger partial charge is 0.144 e. The van der Waals surface area contributed by atoms with E-state index in [4.69, 9.17) is 5.26 Å². The first-order valence-electron chi connectivity index (χ1n) is 8.94. The van der Waals surface area contributed by atoms with Crippen LogP contribution >= 0.6 is 0 Å². The Morgan fingerprint density at radius 3 is 2.04 bits per heavy atom. The Labute approximate surface area is 137 Å². The van der Waals surface area contributed by atoms with Gasteiger partial charge in [0.15, 0.2) is 0 Å². The predicted molar refractivity (Wildman–Crippen MR) is 87.0 cm³/mol. The molecule has 3 heteroatoms. The average Bonchev–Trinajstić information content (AvgIpc) is 2.56. The molecule has 0 atom stereocenters. The van der Waals surface area contributed by atoms with Crippen molar-refractivity contribution in [3.05, 3.63) is 34.9 Å². The lowest BCUT2D eigenvalue weighted by molar-refractivity contribution is 0.0303. The fourth-order valence-corrected chi connectivity index (χ4v) is 4.81. The molecule has 0 spiro atoms. The van der Waals surface area contributed by atoms with Crippen LogP contribution in [0.25, 0.3) is 0 Å². The van der Waals surface area contributed by atoms with Crippen molar-refractivity contribution in [2.24, 2.45) is 5.41 Å². The molecule has 3 fully saturated rings. The standard InChI is InChI=1S/C20H25F2N/c1-2-3-4-5-19-6-9-20(10-7-19,11-8-19)15-12-17(21)16(14-23)18(22)13-15/h12-13H,2-11H2,1H3. The molecule has 0 radical (unpaired) electrons. The van der Waals surface area contributed by atoms with E-state index < -0.39 is 17.2 Å². The minimum Gasteiger partial charge on any atom is -0.205 e. The van der Waals surface area contributed by atoms with Crippen LogP contribution in [0.1, 0.15) is 82.3 Å². The van der Waals surface area contributed by atoms with Crippen molar-refractivity contribution in [2.45, 2.75) is 76.5 Å². The van der Waals surface area contributed by atoms with E-state index in [0.29, 0.717) is 5.41 Å². The van der Waals surface area contributed by atoms with Gasteiger partial charge < -0.3 is 0 Å². The summed E-state index contributed by atoms with van der Waals surface area (Å²) in [4.78, 5) is 0. The number of hydrogen-bond acceptors (Lipinski definition) is 1. The molecule has 3 aliphatic rings. The molecule has 0 aliphatic heterocycles. The van der Waals surface area contributed by atoms with E-state index in [1.807, 2.05) is 0 Å². The number of hydrogen-bond donors (Lipinski definition) is 0. The largest absolute Gasteiger partial charge is 0.205 e. The summed E-state index contributed by atoms with van der Waals surface area (Å²) < 4.78 is 28.0. The van der Waals surface area contributed by atoms with Crippen molar-refractivity contribution < 1.29 is 8.78 Å². The van der Waals surface area contributed by atoms with Gasteiger partial charge in [0.05, 0.1) is 0 Å². The van der Waals surface area contributed by atoms with Crippen LogP contribution in [0.15, 0.2) is 12.1 Å². The molecule has 23 heavy (non-hydrogen) atoms. The third-order valence-electron chi connectivity index (χ3n) is 6.48. The summed E-state index contributed by atoms with van der Waals surface area (Å²) in [5, 5.41) is 8.84. The molecule has 0 heterocycles. The lowest BCUT2D eigenvalue weighted by Gasteiger charge is -2.54. The fraction of sp³-hybridized carbons (Fsp3) is 0.650.